The van der Waals surface area contributed by atoms with Crippen LogP contribution in [0.15, 0.2) is 0 Å². The van der Waals surface area contributed by atoms with E-state index >= 15 is 0 Å². The van der Waals surface area contributed by atoms with E-state index in [2.05, 4.69) is 4.52 Å². The van der Waals surface area contributed by atoms with Crippen molar-refractivity contribution in [2.45, 2.75) is 13.0 Å². The lowest BCUT2D eigenvalue weighted by molar-refractivity contribution is 0.172. The van der Waals surface area contributed by atoms with Gasteiger partial charge in [0.25, 0.3) is 0 Å². The van der Waals surface area contributed by atoms with Crippen molar-refractivity contribution in [2.75, 3.05) is 25.2 Å². The Morgan fingerprint density at radius 3 is 2.71 bits per heavy atom. The summed E-state index contributed by atoms with van der Waals surface area (Å²) in [6.45, 7) is 1.61. The molecule has 6 nitrogen and oxygen atoms in total. The minimum absolute atomic E-state index is 0.0523. The molecule has 1 N–H and O–H groups in total. The Bertz CT molecular complexity index is 291. The van der Waals surface area contributed by atoms with E-state index in [4.69, 9.17) is 9.05 Å². The van der Waals surface area contributed by atoms with Crippen LogP contribution in [0.4, 0.5) is 0 Å². The van der Waals surface area contributed by atoms with Crippen molar-refractivity contribution in [3.05, 3.63) is 0 Å². The van der Waals surface area contributed by atoms with E-state index in [0.717, 1.165) is 0 Å². The summed E-state index contributed by atoms with van der Waals surface area (Å²) in [4.78, 5) is 9.39. The third-order valence-corrected chi connectivity index (χ3v) is 5.08. The van der Waals surface area contributed by atoms with Crippen LogP contribution < -0.4 is 0 Å². The van der Waals surface area contributed by atoms with Gasteiger partial charge in [0.05, 0.1) is 12.9 Å². The van der Waals surface area contributed by atoms with Crippen LogP contribution >= 0.6 is 8.17 Å². The van der Waals surface area contributed by atoms with Gasteiger partial charge in [-0.3, -0.25) is 0 Å². The Hall–Kier alpha value is 0.220. The van der Waals surface area contributed by atoms with Crippen LogP contribution in [-0.2, 0) is 23.4 Å². The zero-order chi connectivity index (χ0) is 10.8. The molecule has 0 amide bonds. The molecular formula is C6H14O6PS+. The smallest absolute Gasteiger partial charge is 0.229 e. The maximum atomic E-state index is 11.2. The average molecular weight is 245 g/mol. The van der Waals surface area contributed by atoms with Gasteiger partial charge in [-0.15, -0.1) is 4.52 Å². The molecule has 1 saturated heterocycles. The van der Waals surface area contributed by atoms with Gasteiger partial charge in [-0.05, 0) is 0 Å². The quantitative estimate of drug-likeness (QED) is 0.710. The summed E-state index contributed by atoms with van der Waals surface area (Å²) >= 11 is 0. The first-order valence-electron chi connectivity index (χ1n) is 4.11. The second-order valence-electron chi connectivity index (χ2n) is 2.87. The molecule has 1 aliphatic rings. The lowest BCUT2D eigenvalue weighted by Crippen LogP contribution is -2.23. The Morgan fingerprint density at radius 2 is 2.29 bits per heavy atom. The third kappa shape index (κ3) is 3.12. The molecular weight excluding hydrogens is 231 g/mol. The highest BCUT2D eigenvalue weighted by Gasteiger charge is 2.53. The Kier molecular flexibility index (Phi) is 3.85. The molecule has 2 atom stereocenters. The van der Waals surface area contributed by atoms with Gasteiger partial charge in [-0.1, -0.05) is 6.92 Å². The van der Waals surface area contributed by atoms with Crippen molar-refractivity contribution < 1.29 is 26.9 Å². The molecule has 84 valence electrons. The fraction of sp³-hybridized carbons (Fsp3) is 1.00. The zero-order valence-corrected chi connectivity index (χ0v) is 9.75. The number of hydrogen-bond acceptors (Lipinski definition) is 6. The van der Waals surface area contributed by atoms with E-state index in [9.17, 15) is 13.3 Å². The molecule has 1 fully saturated rings. The van der Waals surface area contributed by atoms with Crippen LogP contribution in [0.2, 0.25) is 0 Å². The van der Waals surface area contributed by atoms with Crippen LogP contribution in [0.1, 0.15) is 6.92 Å². The minimum Gasteiger partial charge on any atom is -0.229 e. The van der Waals surface area contributed by atoms with Gasteiger partial charge < -0.3 is 0 Å². The minimum atomic E-state index is -3.22. The first kappa shape index (κ1) is 12.3. The first-order chi connectivity index (χ1) is 6.41. The van der Waals surface area contributed by atoms with Crippen molar-refractivity contribution in [3.8, 4) is 0 Å². The topological polar surface area (TPSA) is 82.1 Å². The van der Waals surface area contributed by atoms with Crippen LogP contribution in [0.3, 0.4) is 0 Å². The lowest BCUT2D eigenvalue weighted by atomic mass is 10.4. The summed E-state index contributed by atoms with van der Waals surface area (Å²) in [6, 6.07) is 0. The number of sulfone groups is 1. The summed E-state index contributed by atoms with van der Waals surface area (Å²) in [7, 11) is -5.08. The van der Waals surface area contributed by atoms with Gasteiger partial charge in [-0.25, -0.2) is 8.42 Å². The van der Waals surface area contributed by atoms with Gasteiger partial charge in [0, 0.05) is 5.75 Å². The van der Waals surface area contributed by atoms with E-state index in [1.165, 1.54) is 7.11 Å². The molecule has 14 heavy (non-hydrogen) atoms. The van der Waals surface area contributed by atoms with Gasteiger partial charge in [0.15, 0.2) is 15.9 Å². The maximum absolute atomic E-state index is 11.2. The maximum Gasteiger partial charge on any atom is 0.572 e. The molecule has 0 spiro atoms. The molecule has 1 aliphatic heterocycles. The summed E-state index contributed by atoms with van der Waals surface area (Å²) in [5.41, 5.74) is 0. The standard InChI is InChI=1S/C6H14O6PS/c1-3-14(8,9)5-6-4-11-13(7,10-2)12-6/h6-7H,3-5H2,1-2H3/q+1. The van der Waals surface area contributed by atoms with Crippen molar-refractivity contribution in [2.24, 2.45) is 0 Å². The second kappa shape index (κ2) is 4.38. The Balaban J connectivity index is 2.52. The monoisotopic (exact) mass is 245 g/mol. The van der Waals surface area contributed by atoms with Crippen molar-refractivity contribution >= 4 is 18.0 Å². The predicted molar refractivity (Wildman–Crippen MR) is 51.3 cm³/mol. The molecule has 0 aromatic carbocycles. The fourth-order valence-corrected chi connectivity index (χ4v) is 3.19. The van der Waals surface area contributed by atoms with Gasteiger partial charge in [-0.2, -0.15) is 13.9 Å². The Labute approximate surface area is 83.7 Å². The SMILES string of the molecule is CCS(=O)(=O)CC1CO[P+](O)(OC)O1. The van der Waals surface area contributed by atoms with E-state index in [0.29, 0.717) is 0 Å². The summed E-state index contributed by atoms with van der Waals surface area (Å²) < 4.78 is 36.9. The molecule has 0 aliphatic carbocycles. The van der Waals surface area contributed by atoms with Gasteiger partial charge in [0.2, 0.25) is 0 Å². The van der Waals surface area contributed by atoms with E-state index in [-0.39, 0.29) is 18.1 Å². The highest BCUT2D eigenvalue weighted by Crippen LogP contribution is 2.62. The molecule has 1 rings (SSSR count). The average Bonchev–Trinajstić information content (AvgIpc) is 2.48. The number of rotatable bonds is 4. The van der Waals surface area contributed by atoms with E-state index < -0.39 is 24.1 Å². The van der Waals surface area contributed by atoms with Crippen LogP contribution in [0.25, 0.3) is 0 Å². The largest absolute Gasteiger partial charge is 0.572 e. The van der Waals surface area contributed by atoms with Crippen molar-refractivity contribution in [3.63, 3.8) is 0 Å². The zero-order valence-electron chi connectivity index (χ0n) is 8.04. The molecule has 1 heterocycles. The van der Waals surface area contributed by atoms with Gasteiger partial charge >= 0.3 is 8.17 Å². The Morgan fingerprint density at radius 1 is 1.64 bits per heavy atom. The second-order valence-corrected chi connectivity index (χ2v) is 7.04. The molecule has 0 aromatic heterocycles. The predicted octanol–water partition coefficient (Wildman–Crippen LogP) is 0.153. The lowest BCUT2D eigenvalue weighted by Gasteiger charge is -2.05. The molecule has 0 radical (unpaired) electrons. The summed E-state index contributed by atoms with van der Waals surface area (Å²) in [5, 5.41) is 0. The fourth-order valence-electron chi connectivity index (χ4n) is 1.00. The molecule has 0 aromatic rings. The molecule has 0 saturated carbocycles. The summed E-state index contributed by atoms with van der Waals surface area (Å²) in [6.07, 6.45) is -0.627. The number of hydrogen-bond donors (Lipinski definition) is 1. The molecule has 2 unspecified atom stereocenters. The highest BCUT2D eigenvalue weighted by atomic mass is 32.2. The molecule has 8 heteroatoms. The highest BCUT2D eigenvalue weighted by molar-refractivity contribution is 7.91. The van der Waals surface area contributed by atoms with Crippen molar-refractivity contribution in [1.82, 2.24) is 0 Å². The third-order valence-electron chi connectivity index (χ3n) is 1.82. The van der Waals surface area contributed by atoms with E-state index in [1.54, 1.807) is 6.92 Å². The first-order valence-corrected chi connectivity index (χ1v) is 7.43. The van der Waals surface area contributed by atoms with Crippen LogP contribution in [0, 0.1) is 0 Å². The van der Waals surface area contributed by atoms with Gasteiger partial charge in [0.1, 0.15) is 6.61 Å². The van der Waals surface area contributed by atoms with Crippen LogP contribution in [0.5, 0.6) is 0 Å². The van der Waals surface area contributed by atoms with E-state index in [1.807, 2.05) is 0 Å². The normalized spacial score (nSPS) is 33.5. The van der Waals surface area contributed by atoms with Crippen LogP contribution in [-0.4, -0.2) is 44.6 Å². The molecule has 0 bridgehead atoms. The summed E-state index contributed by atoms with van der Waals surface area (Å²) in [5.74, 6) is -0.0914. The van der Waals surface area contributed by atoms with Crippen molar-refractivity contribution in [1.29, 1.82) is 0 Å².